The highest BCUT2D eigenvalue weighted by molar-refractivity contribution is 9.10. The summed E-state index contributed by atoms with van der Waals surface area (Å²) in [5.74, 6) is 0.370. The van der Waals surface area contributed by atoms with Gasteiger partial charge in [-0.25, -0.2) is 4.98 Å². The molecule has 1 aliphatic rings. The second kappa shape index (κ2) is 5.25. The summed E-state index contributed by atoms with van der Waals surface area (Å²) < 4.78 is 1.00. The summed E-state index contributed by atoms with van der Waals surface area (Å²) in [6.07, 6.45) is 1.89. The number of aromatic hydroxyl groups is 1. The lowest BCUT2D eigenvalue weighted by Gasteiger charge is -2.12. The smallest absolute Gasteiger partial charge is 0.141 e. The number of rotatable bonds is 2. The van der Waals surface area contributed by atoms with E-state index >= 15 is 0 Å². The first-order chi connectivity index (χ1) is 9.63. The molecule has 0 aliphatic carbocycles. The summed E-state index contributed by atoms with van der Waals surface area (Å²) in [6.45, 7) is 0.817. The number of nitrogens with zero attached hydrogens (tertiary/aromatic N) is 3. The van der Waals surface area contributed by atoms with Gasteiger partial charge in [0.2, 0.25) is 0 Å². The van der Waals surface area contributed by atoms with Crippen molar-refractivity contribution in [1.82, 2.24) is 9.99 Å². The van der Waals surface area contributed by atoms with Gasteiger partial charge in [-0.15, -0.1) is 0 Å². The lowest BCUT2D eigenvalue weighted by atomic mass is 10.0. The molecule has 20 heavy (non-hydrogen) atoms. The van der Waals surface area contributed by atoms with Crippen molar-refractivity contribution in [3.05, 3.63) is 46.6 Å². The van der Waals surface area contributed by atoms with Gasteiger partial charge >= 0.3 is 0 Å². The van der Waals surface area contributed by atoms with Crippen LogP contribution in [0.4, 0.5) is 0 Å². The van der Waals surface area contributed by atoms with Crippen LogP contribution in [-0.2, 0) is 0 Å². The van der Waals surface area contributed by atoms with Crippen LogP contribution in [0.2, 0.25) is 0 Å². The Bertz CT molecular complexity index is 655. The summed E-state index contributed by atoms with van der Waals surface area (Å²) in [5.41, 5.74) is 2.43. The zero-order valence-electron chi connectivity index (χ0n) is 11.0. The van der Waals surface area contributed by atoms with E-state index in [4.69, 9.17) is 0 Å². The Kier molecular flexibility index (Phi) is 3.44. The van der Waals surface area contributed by atoms with Crippen LogP contribution in [0.25, 0.3) is 11.3 Å². The summed E-state index contributed by atoms with van der Waals surface area (Å²) in [7, 11) is 1.94. The molecule has 1 aliphatic heterocycles. The molecule has 0 saturated heterocycles. The van der Waals surface area contributed by atoms with Gasteiger partial charge in [0.05, 0.1) is 11.6 Å². The zero-order valence-corrected chi connectivity index (χ0v) is 12.6. The van der Waals surface area contributed by atoms with Crippen LogP contribution in [0.1, 0.15) is 11.6 Å². The van der Waals surface area contributed by atoms with E-state index in [9.17, 15) is 5.11 Å². The SMILES string of the molecule is CN1CC(c2ccc(O)c(-c3ccc(Br)cc3)n2)C=N1. The Hall–Kier alpha value is -1.88. The van der Waals surface area contributed by atoms with Crippen LogP contribution in [0.3, 0.4) is 0 Å². The Morgan fingerprint density at radius 2 is 1.95 bits per heavy atom. The Morgan fingerprint density at radius 1 is 1.20 bits per heavy atom. The predicted molar refractivity (Wildman–Crippen MR) is 82.9 cm³/mol. The minimum atomic E-state index is 0.176. The minimum absolute atomic E-state index is 0.176. The number of hydrogen-bond donors (Lipinski definition) is 1. The molecule has 4 nitrogen and oxygen atoms in total. The van der Waals surface area contributed by atoms with Gasteiger partial charge in [-0.1, -0.05) is 28.1 Å². The van der Waals surface area contributed by atoms with E-state index in [1.165, 1.54) is 0 Å². The summed E-state index contributed by atoms with van der Waals surface area (Å²) >= 11 is 3.41. The molecule has 0 saturated carbocycles. The van der Waals surface area contributed by atoms with Gasteiger partial charge in [0.1, 0.15) is 11.4 Å². The van der Waals surface area contributed by atoms with Crippen LogP contribution in [0.5, 0.6) is 5.75 Å². The Morgan fingerprint density at radius 3 is 2.60 bits per heavy atom. The fourth-order valence-corrected chi connectivity index (χ4v) is 2.50. The average Bonchev–Trinajstić information content (AvgIpc) is 2.87. The number of hydrogen-bond acceptors (Lipinski definition) is 4. The average molecular weight is 332 g/mol. The molecular weight excluding hydrogens is 318 g/mol. The lowest BCUT2D eigenvalue weighted by Crippen LogP contribution is -2.13. The third-order valence-electron chi connectivity index (χ3n) is 3.30. The number of benzene rings is 1. The van der Waals surface area contributed by atoms with Gasteiger partial charge in [-0.3, -0.25) is 5.01 Å². The van der Waals surface area contributed by atoms with Crippen LogP contribution in [0.15, 0.2) is 46.0 Å². The van der Waals surface area contributed by atoms with Gasteiger partial charge in [0.15, 0.2) is 0 Å². The topological polar surface area (TPSA) is 48.7 Å². The van der Waals surface area contributed by atoms with E-state index in [1.54, 1.807) is 6.07 Å². The Balaban J connectivity index is 1.99. The van der Waals surface area contributed by atoms with Crippen molar-refractivity contribution >= 4 is 22.1 Å². The summed E-state index contributed by atoms with van der Waals surface area (Å²) in [5, 5.41) is 16.2. The van der Waals surface area contributed by atoms with Crippen LogP contribution >= 0.6 is 15.9 Å². The van der Waals surface area contributed by atoms with Gasteiger partial charge in [-0.05, 0) is 24.3 Å². The number of pyridine rings is 1. The molecule has 0 radical (unpaired) electrons. The highest BCUT2D eigenvalue weighted by Crippen LogP contribution is 2.30. The first-order valence-electron chi connectivity index (χ1n) is 6.34. The molecule has 1 unspecified atom stereocenters. The van der Waals surface area contributed by atoms with Crippen molar-refractivity contribution in [2.45, 2.75) is 5.92 Å². The molecule has 102 valence electrons. The van der Waals surface area contributed by atoms with E-state index in [-0.39, 0.29) is 11.7 Å². The number of hydrazone groups is 1. The molecule has 0 amide bonds. The van der Waals surface area contributed by atoms with E-state index in [1.807, 2.05) is 48.6 Å². The first kappa shape index (κ1) is 13.1. The highest BCUT2D eigenvalue weighted by Gasteiger charge is 2.19. The molecular formula is C15H14BrN3O. The van der Waals surface area contributed by atoms with Crippen molar-refractivity contribution in [2.75, 3.05) is 13.6 Å². The van der Waals surface area contributed by atoms with Crippen molar-refractivity contribution in [3.8, 4) is 17.0 Å². The molecule has 1 aromatic carbocycles. The molecule has 2 aromatic rings. The fraction of sp³-hybridized carbons (Fsp3) is 0.200. The molecule has 2 heterocycles. The van der Waals surface area contributed by atoms with Gasteiger partial charge in [-0.2, -0.15) is 5.10 Å². The maximum Gasteiger partial charge on any atom is 0.141 e. The van der Waals surface area contributed by atoms with Crippen molar-refractivity contribution in [3.63, 3.8) is 0 Å². The third kappa shape index (κ3) is 2.54. The van der Waals surface area contributed by atoms with Crippen LogP contribution in [-0.4, -0.2) is 34.9 Å². The third-order valence-corrected chi connectivity index (χ3v) is 3.83. The zero-order chi connectivity index (χ0) is 14.1. The standard InChI is InChI=1S/C15H14BrN3O/c1-19-9-11(8-17-19)13-6-7-14(20)15(18-13)10-2-4-12(16)5-3-10/h2-8,11,20H,9H2,1H3. The Labute approximate surface area is 125 Å². The van der Waals surface area contributed by atoms with Gasteiger partial charge in [0.25, 0.3) is 0 Å². The van der Waals surface area contributed by atoms with Crippen molar-refractivity contribution < 1.29 is 5.11 Å². The van der Waals surface area contributed by atoms with Crippen molar-refractivity contribution in [2.24, 2.45) is 5.10 Å². The maximum absolute atomic E-state index is 10.0. The highest BCUT2D eigenvalue weighted by atomic mass is 79.9. The minimum Gasteiger partial charge on any atom is -0.506 e. The fourth-order valence-electron chi connectivity index (χ4n) is 2.24. The summed E-state index contributed by atoms with van der Waals surface area (Å²) in [4.78, 5) is 4.61. The van der Waals surface area contributed by atoms with E-state index in [2.05, 4.69) is 26.0 Å². The number of halogens is 1. The lowest BCUT2D eigenvalue weighted by molar-refractivity contribution is 0.380. The molecule has 0 bridgehead atoms. The van der Waals surface area contributed by atoms with E-state index < -0.39 is 0 Å². The van der Waals surface area contributed by atoms with E-state index in [0.717, 1.165) is 22.3 Å². The monoisotopic (exact) mass is 331 g/mol. The number of likely N-dealkylation sites (N-methyl/N-ethyl adjacent to an activating group) is 1. The molecule has 0 fully saturated rings. The maximum atomic E-state index is 10.0. The number of aromatic nitrogens is 1. The quantitative estimate of drug-likeness (QED) is 0.919. The summed E-state index contributed by atoms with van der Waals surface area (Å²) in [6, 6.07) is 11.3. The van der Waals surface area contributed by atoms with Gasteiger partial charge in [0, 0.05) is 29.8 Å². The molecule has 5 heteroatoms. The normalized spacial score (nSPS) is 17.7. The van der Waals surface area contributed by atoms with Crippen LogP contribution < -0.4 is 0 Å². The predicted octanol–water partition coefficient (Wildman–Crippen LogP) is 3.23. The van der Waals surface area contributed by atoms with E-state index in [0.29, 0.717) is 5.69 Å². The molecule has 1 aromatic heterocycles. The molecule has 0 spiro atoms. The molecule has 1 atom stereocenters. The molecule has 1 N–H and O–H groups in total. The van der Waals surface area contributed by atoms with Gasteiger partial charge < -0.3 is 5.11 Å². The largest absolute Gasteiger partial charge is 0.506 e. The second-order valence-electron chi connectivity index (χ2n) is 4.82. The van der Waals surface area contributed by atoms with Crippen molar-refractivity contribution in [1.29, 1.82) is 0 Å². The van der Waals surface area contributed by atoms with Crippen LogP contribution in [0, 0.1) is 0 Å². The second-order valence-corrected chi connectivity index (χ2v) is 5.74. The first-order valence-corrected chi connectivity index (χ1v) is 7.14. The molecule has 3 rings (SSSR count).